The van der Waals surface area contributed by atoms with Crippen molar-refractivity contribution >= 4 is 23.6 Å². The van der Waals surface area contributed by atoms with Gasteiger partial charge in [-0.05, 0) is 34.6 Å². The Bertz CT molecular complexity index is 280. The molecule has 0 bridgehead atoms. The monoisotopic (exact) mass is 262 g/mol. The molecule has 0 aromatic carbocycles. The second-order valence-electron chi connectivity index (χ2n) is 3.48. The molecule has 1 unspecified atom stereocenters. The zero-order valence-corrected chi connectivity index (χ0v) is 11.5. The van der Waals surface area contributed by atoms with Gasteiger partial charge in [0.15, 0.2) is 17.2 Å². The van der Waals surface area contributed by atoms with Gasteiger partial charge in [0.05, 0.1) is 6.42 Å². The van der Waals surface area contributed by atoms with Gasteiger partial charge >= 0.3 is 0 Å². The smallest absolute Gasteiger partial charge is 0.178 e. The zero-order valence-electron chi connectivity index (χ0n) is 11.5. The van der Waals surface area contributed by atoms with E-state index in [-0.39, 0.29) is 12.4 Å². The van der Waals surface area contributed by atoms with Crippen LogP contribution in [0.1, 0.15) is 41.0 Å². The second kappa shape index (κ2) is 12.1. The Hall–Kier alpha value is -1.40. The summed E-state index contributed by atoms with van der Waals surface area (Å²) in [4.78, 5) is 41.0. The summed E-state index contributed by atoms with van der Waals surface area (Å²) >= 11 is 0. The van der Waals surface area contributed by atoms with Gasteiger partial charge in [-0.15, -0.1) is 0 Å². The molecule has 0 heterocycles. The van der Waals surface area contributed by atoms with Gasteiger partial charge in [0.25, 0.3) is 0 Å². The van der Waals surface area contributed by atoms with Crippen LogP contribution in [0.3, 0.4) is 0 Å². The Morgan fingerprint density at radius 1 is 1.22 bits per heavy atom. The largest absolute Gasteiger partial charge is 0.397 e. The summed E-state index contributed by atoms with van der Waals surface area (Å²) < 4.78 is 0. The van der Waals surface area contributed by atoms with E-state index in [1.165, 1.54) is 13.8 Å². The number of Topliss-reactive ketones (excluding diaryl/α,β-unsaturated/α-hetero) is 3. The van der Waals surface area contributed by atoms with Crippen LogP contribution < -0.4 is 0 Å². The third-order valence-electron chi connectivity index (χ3n) is 1.64. The van der Waals surface area contributed by atoms with Crippen LogP contribution in [0.2, 0.25) is 0 Å². The van der Waals surface area contributed by atoms with Crippen LogP contribution in [0.25, 0.3) is 0 Å². The van der Waals surface area contributed by atoms with Crippen LogP contribution in [-0.2, 0) is 19.2 Å². The third-order valence-corrected chi connectivity index (χ3v) is 1.64. The molecule has 0 saturated heterocycles. The average molecular weight is 262 g/mol. The Morgan fingerprint density at radius 3 is 1.67 bits per heavy atom. The highest BCUT2D eigenvalue weighted by atomic mass is 16.3. The van der Waals surface area contributed by atoms with Crippen LogP contribution in [-0.4, -0.2) is 46.1 Å². The van der Waals surface area contributed by atoms with Crippen LogP contribution in [0.4, 0.5) is 0 Å². The first kappa shape index (κ1) is 21.8. The Balaban J connectivity index is -0.000000315. The summed E-state index contributed by atoms with van der Waals surface area (Å²) in [7, 11) is 0. The molecule has 0 amide bonds. The number of aliphatic hydroxyl groups is 2. The first-order chi connectivity index (χ1) is 8.11. The van der Waals surface area contributed by atoms with E-state index in [9.17, 15) is 19.5 Å². The first-order valence-electron chi connectivity index (χ1n) is 5.38. The minimum atomic E-state index is -2.01. The van der Waals surface area contributed by atoms with E-state index in [1.54, 1.807) is 6.92 Å². The van der Waals surface area contributed by atoms with Crippen LogP contribution in [0.5, 0.6) is 0 Å². The summed E-state index contributed by atoms with van der Waals surface area (Å²) in [5.41, 5.74) is -2.01. The van der Waals surface area contributed by atoms with E-state index in [0.29, 0.717) is 0 Å². The van der Waals surface area contributed by atoms with Gasteiger partial charge in [-0.3, -0.25) is 14.4 Å². The summed E-state index contributed by atoms with van der Waals surface area (Å²) in [6.45, 7) is 6.81. The number of hydrogen-bond donors (Lipinski definition) is 2. The highest BCUT2D eigenvalue weighted by Crippen LogP contribution is 2.09. The molecular formula is C12H22O6. The lowest BCUT2D eigenvalue weighted by atomic mass is 9.93. The summed E-state index contributed by atoms with van der Waals surface area (Å²) in [6.07, 6.45) is 0.354. The first-order valence-corrected chi connectivity index (χ1v) is 5.38. The summed E-state index contributed by atoms with van der Waals surface area (Å²) in [6, 6.07) is 0. The Labute approximate surface area is 107 Å². The Morgan fingerprint density at radius 2 is 1.50 bits per heavy atom. The van der Waals surface area contributed by atoms with Crippen molar-refractivity contribution < 1.29 is 29.4 Å². The molecule has 0 aliphatic rings. The molecule has 1 atom stereocenters. The minimum Gasteiger partial charge on any atom is -0.397 e. The van der Waals surface area contributed by atoms with E-state index in [2.05, 4.69) is 0 Å². The molecule has 0 fully saturated rings. The van der Waals surface area contributed by atoms with Gasteiger partial charge in [-0.2, -0.15) is 0 Å². The quantitative estimate of drug-likeness (QED) is 0.548. The third kappa shape index (κ3) is 12.7. The van der Waals surface area contributed by atoms with E-state index in [4.69, 9.17) is 9.90 Å². The summed E-state index contributed by atoms with van der Waals surface area (Å²) in [5.74, 6) is -1.75. The molecule has 0 aliphatic heterocycles. The lowest BCUT2D eigenvalue weighted by molar-refractivity contribution is -0.148. The zero-order chi connectivity index (χ0) is 15.4. The molecule has 0 saturated carbocycles. The number of aliphatic hydroxyl groups excluding tert-OH is 1. The molecule has 106 valence electrons. The molecule has 18 heavy (non-hydrogen) atoms. The fourth-order valence-electron chi connectivity index (χ4n) is 0.595. The molecule has 2 N–H and O–H groups in total. The van der Waals surface area contributed by atoms with Crippen molar-refractivity contribution in [2.24, 2.45) is 0 Å². The van der Waals surface area contributed by atoms with Gasteiger partial charge in [-0.25, -0.2) is 0 Å². The predicted octanol–water partition coefficient (Wildman–Crippen LogP) is 0.0784. The number of carbonyl (C=O) groups excluding carboxylic acids is 4. The fraction of sp³-hybridized carbons (Fsp3) is 0.667. The topological polar surface area (TPSA) is 109 Å². The van der Waals surface area contributed by atoms with Crippen molar-refractivity contribution in [3.05, 3.63) is 0 Å². The molecule has 6 nitrogen and oxygen atoms in total. The maximum absolute atomic E-state index is 11.0. The van der Waals surface area contributed by atoms with E-state index >= 15 is 0 Å². The van der Waals surface area contributed by atoms with Crippen molar-refractivity contribution in [3.8, 4) is 0 Å². The van der Waals surface area contributed by atoms with Crippen molar-refractivity contribution in [3.63, 3.8) is 0 Å². The number of carbonyl (C=O) groups is 4. The SMILES string of the molecule is CC(=O)CC(=O)C(C)(O)C(C)=O.CC=O.CCO. The lowest BCUT2D eigenvalue weighted by Crippen LogP contribution is -2.42. The maximum atomic E-state index is 11.0. The van der Waals surface area contributed by atoms with Crippen LogP contribution >= 0.6 is 0 Å². The van der Waals surface area contributed by atoms with Gasteiger partial charge < -0.3 is 15.0 Å². The van der Waals surface area contributed by atoms with Crippen molar-refractivity contribution in [2.45, 2.75) is 46.6 Å². The molecule has 0 rings (SSSR count). The number of ketones is 3. The van der Waals surface area contributed by atoms with Crippen molar-refractivity contribution in [2.75, 3.05) is 6.61 Å². The maximum Gasteiger partial charge on any atom is 0.178 e. The molecule has 0 aromatic rings. The average Bonchev–Trinajstić information content (AvgIpc) is 2.18. The lowest BCUT2D eigenvalue weighted by Gasteiger charge is -2.16. The van der Waals surface area contributed by atoms with Gasteiger partial charge in [0.1, 0.15) is 12.1 Å². The van der Waals surface area contributed by atoms with Crippen molar-refractivity contribution in [1.82, 2.24) is 0 Å². The molecule has 0 radical (unpaired) electrons. The molecule has 0 aromatic heterocycles. The Kier molecular flexibility index (Phi) is 14.6. The molecule has 0 spiro atoms. The second-order valence-corrected chi connectivity index (χ2v) is 3.48. The van der Waals surface area contributed by atoms with Gasteiger partial charge in [0, 0.05) is 6.61 Å². The van der Waals surface area contributed by atoms with E-state index in [1.807, 2.05) is 0 Å². The van der Waals surface area contributed by atoms with Crippen molar-refractivity contribution in [1.29, 1.82) is 0 Å². The number of aldehydes is 1. The normalized spacial score (nSPS) is 11.7. The van der Waals surface area contributed by atoms with Gasteiger partial charge in [-0.1, -0.05) is 0 Å². The van der Waals surface area contributed by atoms with E-state index in [0.717, 1.165) is 20.1 Å². The number of hydrogen-bond acceptors (Lipinski definition) is 6. The molecular weight excluding hydrogens is 240 g/mol. The minimum absolute atomic E-state index is 0.250. The van der Waals surface area contributed by atoms with E-state index < -0.39 is 23.6 Å². The molecule has 6 heteroatoms. The van der Waals surface area contributed by atoms with Crippen LogP contribution in [0.15, 0.2) is 0 Å². The molecule has 0 aliphatic carbocycles. The highest BCUT2D eigenvalue weighted by molar-refractivity contribution is 6.14. The summed E-state index contributed by atoms with van der Waals surface area (Å²) in [5, 5.41) is 16.8. The standard InChI is InChI=1S/C8H12O4.C2H6O.C2H4O/c1-5(9)4-7(11)8(3,12)6(2)10;2*1-2-3/h12H,4H2,1-3H3;3H,2H2,1H3;2H,1H3. The number of rotatable bonds is 4. The fourth-order valence-corrected chi connectivity index (χ4v) is 0.595. The predicted molar refractivity (Wildman–Crippen MR) is 66.1 cm³/mol. The highest BCUT2D eigenvalue weighted by Gasteiger charge is 2.35. The van der Waals surface area contributed by atoms with Crippen LogP contribution in [0, 0.1) is 0 Å². The van der Waals surface area contributed by atoms with Gasteiger partial charge in [0.2, 0.25) is 0 Å².